The van der Waals surface area contributed by atoms with Crippen molar-refractivity contribution in [3.05, 3.63) is 51.5 Å². The number of thiazole rings is 1. The summed E-state index contributed by atoms with van der Waals surface area (Å²) in [4.78, 5) is 30.7. The van der Waals surface area contributed by atoms with Crippen molar-refractivity contribution in [2.45, 2.75) is 32.2 Å². The van der Waals surface area contributed by atoms with Gasteiger partial charge in [-0.05, 0) is 24.0 Å². The van der Waals surface area contributed by atoms with E-state index >= 15 is 0 Å². The summed E-state index contributed by atoms with van der Waals surface area (Å²) in [7, 11) is 0. The van der Waals surface area contributed by atoms with Gasteiger partial charge in [0.25, 0.3) is 5.91 Å². The number of aryl methyl sites for hydroxylation is 1. The van der Waals surface area contributed by atoms with Crippen molar-refractivity contribution in [1.82, 2.24) is 9.88 Å². The van der Waals surface area contributed by atoms with Crippen LogP contribution in [-0.4, -0.2) is 33.4 Å². The summed E-state index contributed by atoms with van der Waals surface area (Å²) in [6.07, 6.45) is 3.45. The summed E-state index contributed by atoms with van der Waals surface area (Å²) in [5.41, 5.74) is 1.71. The fourth-order valence-corrected chi connectivity index (χ4v) is 3.85. The van der Waals surface area contributed by atoms with Gasteiger partial charge < -0.3 is 10.0 Å². The van der Waals surface area contributed by atoms with Gasteiger partial charge in [-0.25, -0.2) is 4.98 Å². The molecular formula is C17H18N2O3S. The standard InChI is InChI=1S/C17H18N2O3S/c1-2-5-15-18-8-14(23-15)16(20)19-9-11-6-3-4-7-12(11)13(10-19)17(21)22/h3-4,6-8,13H,2,5,9-10H2,1H3,(H,21,22). The predicted molar refractivity (Wildman–Crippen MR) is 87.7 cm³/mol. The first-order valence-electron chi connectivity index (χ1n) is 7.64. The molecule has 1 amide bonds. The highest BCUT2D eigenvalue weighted by atomic mass is 32.1. The fraction of sp³-hybridized carbons (Fsp3) is 0.353. The zero-order valence-electron chi connectivity index (χ0n) is 12.9. The van der Waals surface area contributed by atoms with Crippen LogP contribution >= 0.6 is 11.3 Å². The molecule has 1 atom stereocenters. The number of fused-ring (bicyclic) bond motifs is 1. The summed E-state index contributed by atoms with van der Waals surface area (Å²) in [5, 5.41) is 10.4. The first kappa shape index (κ1) is 15.7. The molecule has 2 aromatic rings. The average molecular weight is 330 g/mol. The van der Waals surface area contributed by atoms with E-state index in [2.05, 4.69) is 11.9 Å². The third-order valence-electron chi connectivity index (χ3n) is 4.01. The van der Waals surface area contributed by atoms with E-state index in [1.54, 1.807) is 11.1 Å². The number of hydrogen-bond donors (Lipinski definition) is 1. The maximum atomic E-state index is 12.7. The molecule has 1 unspecified atom stereocenters. The van der Waals surface area contributed by atoms with Gasteiger partial charge in [0.1, 0.15) is 4.88 Å². The van der Waals surface area contributed by atoms with Crippen molar-refractivity contribution in [3.8, 4) is 0 Å². The van der Waals surface area contributed by atoms with Gasteiger partial charge in [-0.3, -0.25) is 9.59 Å². The number of hydrogen-bond acceptors (Lipinski definition) is 4. The molecule has 6 heteroatoms. The highest BCUT2D eigenvalue weighted by Gasteiger charge is 2.33. The number of amides is 1. The van der Waals surface area contributed by atoms with Crippen molar-refractivity contribution in [2.24, 2.45) is 0 Å². The Balaban J connectivity index is 1.86. The Morgan fingerprint density at radius 3 is 2.91 bits per heavy atom. The van der Waals surface area contributed by atoms with Crippen molar-refractivity contribution in [3.63, 3.8) is 0 Å². The lowest BCUT2D eigenvalue weighted by Gasteiger charge is -2.32. The summed E-state index contributed by atoms with van der Waals surface area (Å²) in [5.74, 6) is -1.71. The van der Waals surface area contributed by atoms with E-state index < -0.39 is 11.9 Å². The molecule has 120 valence electrons. The van der Waals surface area contributed by atoms with E-state index in [0.29, 0.717) is 11.4 Å². The molecule has 0 radical (unpaired) electrons. The molecule has 1 aromatic heterocycles. The molecule has 0 saturated carbocycles. The SMILES string of the molecule is CCCc1ncc(C(=O)N2Cc3ccccc3C(C(=O)O)C2)s1. The number of benzene rings is 1. The van der Waals surface area contributed by atoms with Crippen LogP contribution in [-0.2, 0) is 17.8 Å². The van der Waals surface area contributed by atoms with Gasteiger partial charge in [0, 0.05) is 13.1 Å². The summed E-state index contributed by atoms with van der Waals surface area (Å²) >= 11 is 1.40. The van der Waals surface area contributed by atoms with Gasteiger partial charge >= 0.3 is 5.97 Å². The maximum absolute atomic E-state index is 12.7. The summed E-state index contributed by atoms with van der Waals surface area (Å²) < 4.78 is 0. The monoisotopic (exact) mass is 330 g/mol. The van der Waals surface area contributed by atoms with Crippen LogP contribution in [0.25, 0.3) is 0 Å². The van der Waals surface area contributed by atoms with Gasteiger partial charge in [-0.1, -0.05) is 31.2 Å². The van der Waals surface area contributed by atoms with E-state index in [1.807, 2.05) is 24.3 Å². The van der Waals surface area contributed by atoms with Crippen molar-refractivity contribution in [1.29, 1.82) is 0 Å². The fourth-order valence-electron chi connectivity index (χ4n) is 2.87. The van der Waals surface area contributed by atoms with Crippen LogP contribution in [0.15, 0.2) is 30.5 Å². The van der Waals surface area contributed by atoms with Gasteiger partial charge in [-0.2, -0.15) is 0 Å². The number of carboxylic acids is 1. The first-order chi connectivity index (χ1) is 11.1. The lowest BCUT2D eigenvalue weighted by molar-refractivity contribution is -0.139. The molecule has 23 heavy (non-hydrogen) atoms. The second-order valence-corrected chi connectivity index (χ2v) is 6.76. The van der Waals surface area contributed by atoms with Crippen LogP contribution < -0.4 is 0 Å². The van der Waals surface area contributed by atoms with E-state index in [-0.39, 0.29) is 12.5 Å². The van der Waals surface area contributed by atoms with Crippen molar-refractivity contribution < 1.29 is 14.7 Å². The van der Waals surface area contributed by atoms with Crippen LogP contribution in [0.5, 0.6) is 0 Å². The van der Waals surface area contributed by atoms with Gasteiger partial charge in [-0.15, -0.1) is 11.3 Å². The minimum Gasteiger partial charge on any atom is -0.481 e. The Hall–Kier alpha value is -2.21. The number of aliphatic carboxylic acids is 1. The number of aromatic nitrogens is 1. The number of carbonyl (C=O) groups excluding carboxylic acids is 1. The third kappa shape index (κ3) is 3.12. The zero-order chi connectivity index (χ0) is 16.4. The number of rotatable bonds is 4. The molecule has 1 N–H and O–H groups in total. The molecule has 0 aliphatic carbocycles. The second kappa shape index (κ2) is 6.50. The smallest absolute Gasteiger partial charge is 0.312 e. The van der Waals surface area contributed by atoms with E-state index in [4.69, 9.17) is 0 Å². The molecule has 5 nitrogen and oxygen atoms in total. The average Bonchev–Trinajstić information content (AvgIpc) is 3.02. The summed E-state index contributed by atoms with van der Waals surface area (Å²) in [6, 6.07) is 7.44. The molecule has 1 aromatic carbocycles. The molecular weight excluding hydrogens is 312 g/mol. The minimum atomic E-state index is -0.897. The highest BCUT2D eigenvalue weighted by molar-refractivity contribution is 7.13. The molecule has 1 aliphatic rings. The number of carboxylic acid groups (broad SMARTS) is 1. The van der Waals surface area contributed by atoms with Gasteiger partial charge in [0.15, 0.2) is 0 Å². The molecule has 2 heterocycles. The maximum Gasteiger partial charge on any atom is 0.312 e. The lowest BCUT2D eigenvalue weighted by Crippen LogP contribution is -2.40. The van der Waals surface area contributed by atoms with Crippen molar-refractivity contribution >= 4 is 23.2 Å². The van der Waals surface area contributed by atoms with Crippen molar-refractivity contribution in [2.75, 3.05) is 6.54 Å². The Morgan fingerprint density at radius 2 is 2.17 bits per heavy atom. The van der Waals surface area contributed by atoms with E-state index in [9.17, 15) is 14.7 Å². The zero-order valence-corrected chi connectivity index (χ0v) is 13.7. The largest absolute Gasteiger partial charge is 0.481 e. The number of nitrogens with zero attached hydrogens (tertiary/aromatic N) is 2. The van der Waals surface area contributed by atoms with Crippen LogP contribution in [0.1, 0.15) is 45.1 Å². The second-order valence-electron chi connectivity index (χ2n) is 5.64. The number of carbonyl (C=O) groups is 2. The quantitative estimate of drug-likeness (QED) is 0.936. The molecule has 0 saturated heterocycles. The Morgan fingerprint density at radius 1 is 1.39 bits per heavy atom. The van der Waals surface area contributed by atoms with Crippen LogP contribution in [0.2, 0.25) is 0 Å². The first-order valence-corrected chi connectivity index (χ1v) is 8.46. The third-order valence-corrected chi connectivity index (χ3v) is 5.05. The Kier molecular flexibility index (Phi) is 4.43. The molecule has 0 fully saturated rings. The van der Waals surface area contributed by atoms with Gasteiger partial charge in [0.05, 0.1) is 17.1 Å². The minimum absolute atomic E-state index is 0.134. The predicted octanol–water partition coefficient (Wildman–Crippen LogP) is 2.92. The lowest BCUT2D eigenvalue weighted by atomic mass is 9.90. The normalized spacial score (nSPS) is 16.9. The molecule has 3 rings (SSSR count). The van der Waals surface area contributed by atoms with Crippen LogP contribution in [0, 0.1) is 0 Å². The summed E-state index contributed by atoms with van der Waals surface area (Å²) in [6.45, 7) is 2.72. The Labute approximate surface area is 138 Å². The highest BCUT2D eigenvalue weighted by Crippen LogP contribution is 2.30. The van der Waals surface area contributed by atoms with Gasteiger partial charge in [0.2, 0.25) is 0 Å². The van der Waals surface area contributed by atoms with Crippen LogP contribution in [0.4, 0.5) is 0 Å². The Bertz CT molecular complexity index is 741. The van der Waals surface area contributed by atoms with E-state index in [1.165, 1.54) is 11.3 Å². The molecule has 0 spiro atoms. The van der Waals surface area contributed by atoms with E-state index in [0.717, 1.165) is 29.0 Å². The topological polar surface area (TPSA) is 70.5 Å². The molecule has 1 aliphatic heterocycles. The van der Waals surface area contributed by atoms with Crippen LogP contribution in [0.3, 0.4) is 0 Å². The molecule has 0 bridgehead atoms.